The molecule has 3 amide bonds. The molecule has 1 aliphatic heterocycles. The molecule has 10 heteroatoms. The van der Waals surface area contributed by atoms with Crippen molar-refractivity contribution in [2.24, 2.45) is 5.73 Å². The van der Waals surface area contributed by atoms with Gasteiger partial charge in [-0.25, -0.2) is 4.79 Å². The van der Waals surface area contributed by atoms with Gasteiger partial charge in [0.25, 0.3) is 5.91 Å². The van der Waals surface area contributed by atoms with E-state index >= 15 is 0 Å². The van der Waals surface area contributed by atoms with E-state index in [1.165, 1.54) is 6.92 Å². The number of nitrogens with two attached hydrogens (primary N) is 1. The molecule has 2 rings (SSSR count). The Bertz CT molecular complexity index is 887. The smallest absolute Gasteiger partial charge is 0.410 e. The predicted octanol–water partition coefficient (Wildman–Crippen LogP) is 2.94. The van der Waals surface area contributed by atoms with Crippen molar-refractivity contribution >= 4 is 29.5 Å². The van der Waals surface area contributed by atoms with E-state index in [1.807, 2.05) is 32.9 Å². The molecule has 1 aromatic carbocycles. The zero-order valence-corrected chi connectivity index (χ0v) is 22.4. The van der Waals surface area contributed by atoms with Crippen molar-refractivity contribution in [1.29, 1.82) is 0 Å². The maximum absolute atomic E-state index is 13.6. The van der Waals surface area contributed by atoms with Crippen LogP contribution in [0.1, 0.15) is 53.0 Å². The van der Waals surface area contributed by atoms with Crippen LogP contribution in [-0.4, -0.2) is 77.9 Å². The summed E-state index contributed by atoms with van der Waals surface area (Å²) in [5.41, 5.74) is 5.25. The summed E-state index contributed by atoms with van der Waals surface area (Å²) in [5, 5.41) is 3.20. The van der Waals surface area contributed by atoms with Gasteiger partial charge in [0.05, 0.1) is 11.6 Å². The Labute approximate surface area is 213 Å². The summed E-state index contributed by atoms with van der Waals surface area (Å²) in [7, 11) is 1.68. The Morgan fingerprint density at radius 2 is 1.89 bits per heavy atom. The van der Waals surface area contributed by atoms with E-state index in [9.17, 15) is 14.4 Å². The lowest BCUT2D eigenvalue weighted by atomic mass is 9.81. The first-order valence-electron chi connectivity index (χ1n) is 12.0. The van der Waals surface area contributed by atoms with Crippen LogP contribution < -0.4 is 11.1 Å². The van der Waals surface area contributed by atoms with E-state index in [2.05, 4.69) is 5.32 Å². The van der Waals surface area contributed by atoms with Gasteiger partial charge in [0.15, 0.2) is 0 Å². The number of carbonyl (C=O) groups excluding carboxylic acids is 3. The number of rotatable bonds is 8. The molecule has 0 unspecified atom stereocenters. The van der Waals surface area contributed by atoms with Crippen molar-refractivity contribution in [1.82, 2.24) is 15.1 Å². The lowest BCUT2D eigenvalue weighted by molar-refractivity contribution is -0.155. The zero-order valence-electron chi connectivity index (χ0n) is 21.6. The molecule has 1 heterocycles. The highest BCUT2D eigenvalue weighted by atomic mass is 35.5. The minimum atomic E-state index is -1.19. The van der Waals surface area contributed by atoms with Gasteiger partial charge in [-0.05, 0) is 71.6 Å². The molecular weight excluding hydrogens is 472 g/mol. The molecule has 35 heavy (non-hydrogen) atoms. The van der Waals surface area contributed by atoms with Crippen molar-refractivity contribution < 1.29 is 23.9 Å². The van der Waals surface area contributed by atoms with E-state index in [0.717, 1.165) is 5.56 Å². The van der Waals surface area contributed by atoms with Gasteiger partial charge < -0.3 is 30.3 Å². The summed E-state index contributed by atoms with van der Waals surface area (Å²) in [6.45, 7) is 9.75. The molecule has 1 fully saturated rings. The number of piperidine rings is 1. The second-order valence-corrected chi connectivity index (χ2v) is 10.5. The fourth-order valence-corrected chi connectivity index (χ4v) is 4.25. The molecular formula is C25H39ClN4O5. The van der Waals surface area contributed by atoms with Gasteiger partial charge in [-0.2, -0.15) is 0 Å². The van der Waals surface area contributed by atoms with Crippen molar-refractivity contribution in [3.05, 3.63) is 34.9 Å². The first-order valence-corrected chi connectivity index (χ1v) is 12.3. The molecule has 0 saturated carbocycles. The molecule has 0 spiro atoms. The molecule has 3 atom stereocenters. The second-order valence-electron chi connectivity index (χ2n) is 10.1. The zero-order chi connectivity index (χ0) is 26.4. The number of benzene rings is 1. The molecule has 3 N–H and O–H groups in total. The van der Waals surface area contributed by atoms with Crippen LogP contribution in [-0.2, 0) is 25.5 Å². The number of ether oxygens (including phenoxy) is 2. The van der Waals surface area contributed by atoms with E-state index in [0.29, 0.717) is 30.8 Å². The van der Waals surface area contributed by atoms with Crippen molar-refractivity contribution in [2.75, 3.05) is 26.7 Å². The monoisotopic (exact) mass is 510 g/mol. The number of carbonyl (C=O) groups is 3. The van der Waals surface area contributed by atoms with Crippen LogP contribution in [0.25, 0.3) is 0 Å². The van der Waals surface area contributed by atoms with Gasteiger partial charge in [0.2, 0.25) is 12.1 Å². The summed E-state index contributed by atoms with van der Waals surface area (Å²) in [6, 6.07) is 6.62. The van der Waals surface area contributed by atoms with Crippen molar-refractivity contribution in [3.8, 4) is 0 Å². The summed E-state index contributed by atoms with van der Waals surface area (Å²) in [4.78, 5) is 42.1. The van der Waals surface area contributed by atoms with Crippen molar-refractivity contribution in [3.63, 3.8) is 0 Å². The van der Waals surface area contributed by atoms with Crippen LogP contribution in [0.2, 0.25) is 5.02 Å². The van der Waals surface area contributed by atoms with Crippen LogP contribution in [0.3, 0.4) is 0 Å². The average molecular weight is 511 g/mol. The van der Waals surface area contributed by atoms with Crippen LogP contribution in [0.15, 0.2) is 24.3 Å². The minimum Gasteiger partial charge on any atom is -0.444 e. The van der Waals surface area contributed by atoms with E-state index in [1.54, 1.807) is 35.9 Å². The molecule has 0 aliphatic carbocycles. The summed E-state index contributed by atoms with van der Waals surface area (Å²) in [5.74, 6) is -0.906. The second kappa shape index (κ2) is 12.1. The molecule has 0 bridgehead atoms. The Hall–Kier alpha value is -2.36. The Morgan fingerprint density at radius 1 is 1.26 bits per heavy atom. The van der Waals surface area contributed by atoms with Crippen LogP contribution in [0.4, 0.5) is 4.79 Å². The number of likely N-dealkylation sites (N-methyl/N-ethyl adjacent to an activating group) is 1. The lowest BCUT2D eigenvalue weighted by Gasteiger charge is -2.49. The van der Waals surface area contributed by atoms with Gasteiger partial charge >= 0.3 is 6.09 Å². The van der Waals surface area contributed by atoms with Gasteiger partial charge in [-0.15, -0.1) is 0 Å². The third-order valence-electron chi connectivity index (χ3n) is 5.94. The quantitative estimate of drug-likeness (QED) is 0.520. The highest BCUT2D eigenvalue weighted by Crippen LogP contribution is 2.32. The molecule has 1 aromatic rings. The largest absolute Gasteiger partial charge is 0.444 e. The molecule has 0 radical (unpaired) electrons. The normalized spacial score (nSPS) is 20.1. The number of halogens is 1. The minimum absolute atomic E-state index is 0.220. The predicted molar refractivity (Wildman–Crippen MR) is 135 cm³/mol. The van der Waals surface area contributed by atoms with Gasteiger partial charge in [0.1, 0.15) is 5.60 Å². The van der Waals surface area contributed by atoms with Crippen LogP contribution in [0, 0.1) is 0 Å². The average Bonchev–Trinajstić information content (AvgIpc) is 2.78. The molecule has 9 nitrogen and oxygen atoms in total. The maximum atomic E-state index is 13.6. The summed E-state index contributed by atoms with van der Waals surface area (Å²) in [6.07, 6.45) is 0.187. The number of amides is 3. The SMILES string of the molecule is CCO[C@H](NC(=O)[C@H](C)N)C(=O)N(C)[C@@]1(Cc2ccc(Cl)cc2)CCCN(C(=O)OC(C)(C)C)C1. The molecule has 1 aliphatic rings. The number of likely N-dealkylation sites (tertiary alicyclic amines) is 1. The Kier molecular flexibility index (Phi) is 9.94. The first kappa shape index (κ1) is 28.9. The summed E-state index contributed by atoms with van der Waals surface area (Å²) < 4.78 is 11.2. The fourth-order valence-electron chi connectivity index (χ4n) is 4.13. The number of nitrogens with zero attached hydrogens (tertiary/aromatic N) is 2. The molecule has 196 valence electrons. The van der Waals surface area contributed by atoms with Gasteiger partial charge in [-0.3, -0.25) is 9.59 Å². The topological polar surface area (TPSA) is 114 Å². The third kappa shape index (κ3) is 8.08. The molecule has 1 saturated heterocycles. The van der Waals surface area contributed by atoms with E-state index in [-0.39, 0.29) is 13.2 Å². The van der Waals surface area contributed by atoms with Crippen LogP contribution >= 0.6 is 11.6 Å². The fraction of sp³-hybridized carbons (Fsp3) is 0.640. The number of hydrogen-bond donors (Lipinski definition) is 2. The standard InChI is InChI=1S/C25H39ClN4O5/c1-7-34-21(28-20(31)17(2)27)22(32)29(6)25(15-18-9-11-19(26)12-10-18)13-8-14-30(16-25)23(33)35-24(3,4)5/h9-12,17,21H,7-8,13-16,27H2,1-6H3,(H,28,31)/t17-,21-,25+/m0/s1. The highest BCUT2D eigenvalue weighted by molar-refractivity contribution is 6.30. The Morgan fingerprint density at radius 3 is 2.43 bits per heavy atom. The summed E-state index contributed by atoms with van der Waals surface area (Å²) >= 11 is 6.08. The van der Waals surface area contributed by atoms with Gasteiger partial charge in [0, 0.05) is 31.8 Å². The van der Waals surface area contributed by atoms with Crippen molar-refractivity contribution in [2.45, 2.75) is 77.3 Å². The third-order valence-corrected chi connectivity index (χ3v) is 6.19. The van der Waals surface area contributed by atoms with E-state index < -0.39 is 41.3 Å². The molecule has 0 aromatic heterocycles. The maximum Gasteiger partial charge on any atom is 0.410 e. The first-order chi connectivity index (χ1) is 16.3. The Balaban J connectivity index is 2.39. The van der Waals surface area contributed by atoms with Crippen LogP contribution in [0.5, 0.6) is 0 Å². The number of hydrogen-bond acceptors (Lipinski definition) is 6. The van der Waals surface area contributed by atoms with Gasteiger partial charge in [-0.1, -0.05) is 23.7 Å². The van der Waals surface area contributed by atoms with E-state index in [4.69, 9.17) is 26.8 Å². The highest BCUT2D eigenvalue weighted by Gasteiger charge is 2.45. The number of nitrogens with one attached hydrogen (secondary N) is 1. The lowest BCUT2D eigenvalue weighted by Crippen LogP contribution is -2.64.